The molecule has 0 N–H and O–H groups in total. The van der Waals surface area contributed by atoms with E-state index in [-0.39, 0.29) is 18.8 Å². The second kappa shape index (κ2) is 8.41. The van der Waals surface area contributed by atoms with E-state index in [9.17, 15) is 4.79 Å². The largest absolute Gasteiger partial charge is 0.456 e. The van der Waals surface area contributed by atoms with Crippen LogP contribution in [0.3, 0.4) is 0 Å². The summed E-state index contributed by atoms with van der Waals surface area (Å²) in [6, 6.07) is 0. The number of esters is 1. The van der Waals surface area contributed by atoms with Crippen molar-refractivity contribution in [3.63, 3.8) is 0 Å². The van der Waals surface area contributed by atoms with Crippen LogP contribution in [0.1, 0.15) is 84.0 Å². The van der Waals surface area contributed by atoms with Gasteiger partial charge in [0.15, 0.2) is 11.6 Å². The maximum Gasteiger partial charge on any atom is 0.333 e. The van der Waals surface area contributed by atoms with Crippen molar-refractivity contribution in [2.45, 2.75) is 120 Å². The molecule has 2 aliphatic carbocycles. The molecule has 174 valence electrons. The molecule has 2 saturated carbocycles. The van der Waals surface area contributed by atoms with Crippen molar-refractivity contribution in [1.29, 1.82) is 0 Å². The van der Waals surface area contributed by atoms with Crippen molar-refractivity contribution < 1.29 is 33.2 Å². The van der Waals surface area contributed by atoms with E-state index in [4.69, 9.17) is 28.4 Å². The molecule has 5 rings (SSSR count). The van der Waals surface area contributed by atoms with Gasteiger partial charge in [-0.25, -0.2) is 4.79 Å². The molecule has 0 aromatic heterocycles. The van der Waals surface area contributed by atoms with Crippen molar-refractivity contribution in [2.75, 3.05) is 13.2 Å². The van der Waals surface area contributed by atoms with E-state index in [0.29, 0.717) is 12.2 Å². The Labute approximate surface area is 184 Å². The third-order valence-electron chi connectivity index (χ3n) is 7.49. The predicted molar refractivity (Wildman–Crippen MR) is 111 cm³/mol. The van der Waals surface area contributed by atoms with Crippen LogP contribution < -0.4 is 0 Å². The lowest BCUT2D eigenvalue weighted by atomic mass is 9.97. The smallest absolute Gasteiger partial charge is 0.333 e. The standard InChI is InChI=1S/C24H36O7/c1-17(2)21(25)26-16-24-20(30-23(31-24)13-9-5-6-10-14-23)19-18(15-27-24)28-22(29-19)11-7-3-4-8-12-22/h18-20H,1,3-16H2,2H3/t18-,19-,20+,24-/m1/s1. The monoisotopic (exact) mass is 436 g/mol. The molecule has 3 saturated heterocycles. The lowest BCUT2D eigenvalue weighted by Gasteiger charge is -2.40. The van der Waals surface area contributed by atoms with E-state index < -0.39 is 29.4 Å². The van der Waals surface area contributed by atoms with Crippen LogP contribution in [0.5, 0.6) is 0 Å². The molecule has 0 radical (unpaired) electrons. The van der Waals surface area contributed by atoms with E-state index in [0.717, 1.165) is 51.4 Å². The first-order chi connectivity index (χ1) is 15.0. The van der Waals surface area contributed by atoms with Gasteiger partial charge in [-0.15, -0.1) is 0 Å². The Morgan fingerprint density at radius 2 is 1.52 bits per heavy atom. The summed E-state index contributed by atoms with van der Waals surface area (Å²) in [5.74, 6) is -2.89. The molecule has 5 fully saturated rings. The van der Waals surface area contributed by atoms with Crippen LogP contribution in [0.25, 0.3) is 0 Å². The minimum Gasteiger partial charge on any atom is -0.456 e. The molecule has 0 aromatic carbocycles. The molecule has 2 spiro atoms. The van der Waals surface area contributed by atoms with Gasteiger partial charge in [-0.3, -0.25) is 0 Å². The number of carbonyl (C=O) groups excluding carboxylic acids is 1. The Kier molecular flexibility index (Phi) is 5.93. The zero-order valence-corrected chi connectivity index (χ0v) is 18.7. The van der Waals surface area contributed by atoms with Crippen molar-refractivity contribution in [2.24, 2.45) is 0 Å². The Bertz CT molecular complexity index is 690. The summed E-state index contributed by atoms with van der Waals surface area (Å²) in [7, 11) is 0. The maximum atomic E-state index is 12.2. The molecule has 3 heterocycles. The maximum absolute atomic E-state index is 12.2. The van der Waals surface area contributed by atoms with Crippen LogP contribution in [-0.4, -0.2) is 54.9 Å². The van der Waals surface area contributed by atoms with Crippen LogP contribution in [0.4, 0.5) is 0 Å². The molecule has 4 atom stereocenters. The van der Waals surface area contributed by atoms with Gasteiger partial charge >= 0.3 is 5.97 Å². The fourth-order valence-electron chi connectivity index (χ4n) is 5.88. The van der Waals surface area contributed by atoms with Gasteiger partial charge in [-0.05, 0) is 32.6 Å². The summed E-state index contributed by atoms with van der Waals surface area (Å²) in [6.45, 7) is 5.62. The number of hydrogen-bond donors (Lipinski definition) is 0. The number of rotatable bonds is 3. The minimum absolute atomic E-state index is 0.0370. The Morgan fingerprint density at radius 3 is 2.13 bits per heavy atom. The van der Waals surface area contributed by atoms with E-state index in [1.165, 1.54) is 25.7 Å². The van der Waals surface area contributed by atoms with Gasteiger partial charge < -0.3 is 28.4 Å². The summed E-state index contributed by atoms with van der Waals surface area (Å²) in [5, 5.41) is 0. The zero-order chi connectivity index (χ0) is 21.5. The van der Waals surface area contributed by atoms with E-state index in [1.54, 1.807) is 6.92 Å². The highest BCUT2D eigenvalue weighted by Gasteiger charge is 2.68. The van der Waals surface area contributed by atoms with Crippen LogP contribution in [-0.2, 0) is 33.2 Å². The first kappa shape index (κ1) is 21.8. The fraction of sp³-hybridized carbons (Fsp3) is 0.875. The highest BCUT2D eigenvalue weighted by Crippen LogP contribution is 2.53. The van der Waals surface area contributed by atoms with Crippen molar-refractivity contribution in [3.8, 4) is 0 Å². The molecule has 0 bridgehead atoms. The Hall–Kier alpha value is -0.990. The highest BCUT2D eigenvalue weighted by atomic mass is 16.9. The quantitative estimate of drug-likeness (QED) is 0.486. The third kappa shape index (κ3) is 4.08. The number of hydrogen-bond acceptors (Lipinski definition) is 7. The molecule has 7 heteroatoms. The highest BCUT2D eigenvalue weighted by molar-refractivity contribution is 5.86. The Balaban J connectivity index is 1.41. The topological polar surface area (TPSA) is 72.5 Å². The molecule has 3 aliphatic heterocycles. The van der Waals surface area contributed by atoms with Gasteiger partial charge in [-0.1, -0.05) is 32.3 Å². The van der Waals surface area contributed by atoms with Gasteiger partial charge in [0.2, 0.25) is 5.79 Å². The molecule has 7 nitrogen and oxygen atoms in total. The summed E-state index contributed by atoms with van der Waals surface area (Å²) < 4.78 is 38.3. The average molecular weight is 437 g/mol. The van der Waals surface area contributed by atoms with Gasteiger partial charge in [0, 0.05) is 31.3 Å². The lowest BCUT2D eigenvalue weighted by molar-refractivity contribution is -0.302. The third-order valence-corrected chi connectivity index (χ3v) is 7.49. The molecule has 31 heavy (non-hydrogen) atoms. The number of fused-ring (bicyclic) bond motifs is 3. The van der Waals surface area contributed by atoms with Gasteiger partial charge in [0.05, 0.1) is 6.61 Å². The zero-order valence-electron chi connectivity index (χ0n) is 18.7. The van der Waals surface area contributed by atoms with Crippen molar-refractivity contribution in [1.82, 2.24) is 0 Å². The van der Waals surface area contributed by atoms with Gasteiger partial charge in [0.25, 0.3) is 0 Å². The van der Waals surface area contributed by atoms with Crippen LogP contribution in [0.15, 0.2) is 12.2 Å². The van der Waals surface area contributed by atoms with E-state index in [1.807, 2.05) is 0 Å². The predicted octanol–water partition coefficient (Wildman–Crippen LogP) is 4.13. The molecule has 0 aromatic rings. The lowest BCUT2D eigenvalue weighted by Crippen LogP contribution is -2.60. The summed E-state index contributed by atoms with van der Waals surface area (Å²) in [6.07, 6.45) is 11.5. The normalized spacial score (nSPS) is 38.8. The van der Waals surface area contributed by atoms with Crippen LogP contribution in [0.2, 0.25) is 0 Å². The second-order valence-corrected chi connectivity index (χ2v) is 10.0. The summed E-state index contributed by atoms with van der Waals surface area (Å²) in [5.41, 5.74) is 0.350. The Morgan fingerprint density at radius 1 is 0.903 bits per heavy atom. The average Bonchev–Trinajstić information content (AvgIpc) is 3.03. The number of ether oxygens (including phenoxy) is 6. The van der Waals surface area contributed by atoms with Crippen LogP contribution >= 0.6 is 0 Å². The second-order valence-electron chi connectivity index (χ2n) is 10.0. The van der Waals surface area contributed by atoms with E-state index >= 15 is 0 Å². The molecular weight excluding hydrogens is 400 g/mol. The molecular formula is C24H36O7. The fourth-order valence-corrected chi connectivity index (χ4v) is 5.88. The van der Waals surface area contributed by atoms with Gasteiger partial charge in [-0.2, -0.15) is 0 Å². The van der Waals surface area contributed by atoms with Crippen LogP contribution in [0, 0.1) is 0 Å². The van der Waals surface area contributed by atoms with Gasteiger partial charge in [0.1, 0.15) is 24.9 Å². The summed E-state index contributed by atoms with van der Waals surface area (Å²) >= 11 is 0. The molecule has 0 unspecified atom stereocenters. The molecule has 0 amide bonds. The van der Waals surface area contributed by atoms with Crippen molar-refractivity contribution >= 4 is 5.97 Å². The number of carbonyl (C=O) groups is 1. The molecule has 5 aliphatic rings. The first-order valence-electron chi connectivity index (χ1n) is 12.2. The van der Waals surface area contributed by atoms with Crippen molar-refractivity contribution in [3.05, 3.63) is 12.2 Å². The SMILES string of the molecule is C=C(C)C(=O)OC[C@]12OC[C@H]3OC4(CCCCCC4)O[C@H]3[C@@H]1OC1(CCCCCC1)O2. The minimum atomic E-state index is -1.17. The summed E-state index contributed by atoms with van der Waals surface area (Å²) in [4.78, 5) is 12.2. The van der Waals surface area contributed by atoms with E-state index in [2.05, 4.69) is 6.58 Å². The first-order valence-corrected chi connectivity index (χ1v) is 12.2.